The summed E-state index contributed by atoms with van der Waals surface area (Å²) < 4.78 is 5.48. The van der Waals surface area contributed by atoms with Gasteiger partial charge in [0.15, 0.2) is 0 Å². The first-order chi connectivity index (χ1) is 8.09. The van der Waals surface area contributed by atoms with Gasteiger partial charge in [-0.2, -0.15) is 0 Å². The van der Waals surface area contributed by atoms with Gasteiger partial charge >= 0.3 is 5.97 Å². The van der Waals surface area contributed by atoms with E-state index in [1.807, 2.05) is 0 Å². The van der Waals surface area contributed by atoms with E-state index in [0.29, 0.717) is 25.5 Å². The number of hydrogen-bond donors (Lipinski definition) is 1. The number of aliphatic carboxylic acids is 1. The quantitative estimate of drug-likeness (QED) is 0.775. The molecule has 1 heterocycles. The summed E-state index contributed by atoms with van der Waals surface area (Å²) in [7, 11) is 0. The summed E-state index contributed by atoms with van der Waals surface area (Å²) in [4.78, 5) is 24.5. The monoisotopic (exact) mass is 241 g/mol. The minimum Gasteiger partial charge on any atom is -0.480 e. The van der Waals surface area contributed by atoms with Gasteiger partial charge in [-0.15, -0.1) is 0 Å². The molecule has 1 saturated carbocycles. The van der Waals surface area contributed by atoms with Crippen LogP contribution in [0, 0.1) is 5.92 Å². The first kappa shape index (κ1) is 12.4. The Morgan fingerprint density at radius 1 is 1.41 bits per heavy atom. The molecule has 2 rings (SSSR count). The predicted octanol–water partition coefficient (Wildman–Crippen LogP) is 0.877. The normalized spacial score (nSPS) is 25.9. The molecule has 1 N–H and O–H groups in total. The highest BCUT2D eigenvalue weighted by molar-refractivity contribution is 5.86. The van der Waals surface area contributed by atoms with Crippen molar-refractivity contribution in [1.82, 2.24) is 4.90 Å². The Morgan fingerprint density at radius 2 is 2.12 bits per heavy atom. The molecule has 0 spiro atoms. The number of ether oxygens (including phenoxy) is 1. The van der Waals surface area contributed by atoms with Crippen molar-refractivity contribution in [3.05, 3.63) is 0 Å². The Morgan fingerprint density at radius 3 is 2.71 bits per heavy atom. The van der Waals surface area contributed by atoms with Gasteiger partial charge in [-0.3, -0.25) is 4.79 Å². The molecular formula is C12H19NO4. The van der Waals surface area contributed by atoms with Crippen LogP contribution < -0.4 is 0 Å². The molecule has 0 bridgehead atoms. The van der Waals surface area contributed by atoms with Gasteiger partial charge in [-0.25, -0.2) is 4.79 Å². The Hall–Kier alpha value is -1.10. The molecule has 1 amide bonds. The smallest absolute Gasteiger partial charge is 0.326 e. The van der Waals surface area contributed by atoms with Gasteiger partial charge in [0.25, 0.3) is 5.91 Å². The van der Waals surface area contributed by atoms with Crippen LogP contribution in [-0.4, -0.2) is 47.2 Å². The second-order valence-electron chi connectivity index (χ2n) is 4.95. The van der Waals surface area contributed by atoms with Crippen LogP contribution >= 0.6 is 0 Å². The molecule has 0 radical (unpaired) electrons. The van der Waals surface area contributed by atoms with Crippen molar-refractivity contribution in [1.29, 1.82) is 0 Å². The lowest BCUT2D eigenvalue weighted by atomic mass is 10.2. The van der Waals surface area contributed by atoms with Gasteiger partial charge in [-0.05, 0) is 38.5 Å². The van der Waals surface area contributed by atoms with E-state index in [2.05, 4.69) is 0 Å². The highest BCUT2D eigenvalue weighted by Crippen LogP contribution is 2.29. The van der Waals surface area contributed by atoms with Crippen LogP contribution in [-0.2, 0) is 14.3 Å². The van der Waals surface area contributed by atoms with Crippen LogP contribution in [0.25, 0.3) is 0 Å². The standard InChI is InChI=1S/C12H19NO4/c1-8(17-7-9-4-5-9)11(14)13-6-2-3-10(13)12(15)16/h8-10H,2-7H2,1H3,(H,15,16). The highest BCUT2D eigenvalue weighted by Gasteiger charge is 2.36. The summed E-state index contributed by atoms with van der Waals surface area (Å²) in [5.41, 5.74) is 0. The summed E-state index contributed by atoms with van der Waals surface area (Å²) >= 11 is 0. The van der Waals surface area contributed by atoms with Crippen molar-refractivity contribution in [2.45, 2.75) is 44.8 Å². The number of amides is 1. The Kier molecular flexibility index (Phi) is 3.66. The first-order valence-electron chi connectivity index (χ1n) is 6.24. The summed E-state index contributed by atoms with van der Waals surface area (Å²) in [5, 5.41) is 9.01. The van der Waals surface area contributed by atoms with Gasteiger partial charge in [0.05, 0.1) is 6.61 Å². The second kappa shape index (κ2) is 5.04. The van der Waals surface area contributed by atoms with Gasteiger partial charge in [-0.1, -0.05) is 0 Å². The molecule has 0 aromatic carbocycles. The SMILES string of the molecule is CC(OCC1CC1)C(=O)N1CCCC1C(=O)O. The van der Waals surface area contributed by atoms with E-state index in [4.69, 9.17) is 9.84 Å². The maximum absolute atomic E-state index is 12.0. The molecule has 1 aliphatic heterocycles. The minimum atomic E-state index is -0.912. The van der Waals surface area contributed by atoms with Crippen molar-refractivity contribution in [2.24, 2.45) is 5.92 Å². The zero-order chi connectivity index (χ0) is 12.4. The lowest BCUT2D eigenvalue weighted by molar-refractivity contribution is -0.153. The number of rotatable bonds is 5. The molecule has 2 aliphatic rings. The molecule has 17 heavy (non-hydrogen) atoms. The molecule has 0 aromatic rings. The molecular weight excluding hydrogens is 222 g/mol. The Balaban J connectivity index is 1.86. The molecule has 1 saturated heterocycles. The number of likely N-dealkylation sites (tertiary alicyclic amines) is 1. The first-order valence-corrected chi connectivity index (χ1v) is 6.24. The van der Waals surface area contributed by atoms with E-state index in [0.717, 1.165) is 6.42 Å². The number of nitrogens with zero attached hydrogens (tertiary/aromatic N) is 1. The van der Waals surface area contributed by atoms with Crippen LogP contribution in [0.1, 0.15) is 32.6 Å². The lowest BCUT2D eigenvalue weighted by Crippen LogP contribution is -2.45. The zero-order valence-corrected chi connectivity index (χ0v) is 10.1. The molecule has 2 fully saturated rings. The average Bonchev–Trinajstić information content (AvgIpc) is 2.99. The molecule has 2 unspecified atom stereocenters. The van der Waals surface area contributed by atoms with Crippen molar-refractivity contribution in [3.8, 4) is 0 Å². The van der Waals surface area contributed by atoms with E-state index in [1.54, 1.807) is 6.92 Å². The summed E-state index contributed by atoms with van der Waals surface area (Å²) in [6, 6.07) is -0.658. The van der Waals surface area contributed by atoms with Crippen LogP contribution in [0.2, 0.25) is 0 Å². The van der Waals surface area contributed by atoms with Crippen LogP contribution in [0.15, 0.2) is 0 Å². The molecule has 2 atom stereocenters. The summed E-state index contributed by atoms with van der Waals surface area (Å²) in [6.45, 7) is 2.87. The van der Waals surface area contributed by atoms with Gasteiger partial charge in [0, 0.05) is 6.54 Å². The Bertz CT molecular complexity index is 314. The van der Waals surface area contributed by atoms with Crippen LogP contribution in [0.4, 0.5) is 0 Å². The zero-order valence-electron chi connectivity index (χ0n) is 10.1. The van der Waals surface area contributed by atoms with Gasteiger partial charge in [0.2, 0.25) is 0 Å². The second-order valence-corrected chi connectivity index (χ2v) is 4.95. The molecule has 5 nitrogen and oxygen atoms in total. The van der Waals surface area contributed by atoms with Crippen LogP contribution in [0.3, 0.4) is 0 Å². The molecule has 96 valence electrons. The molecule has 1 aliphatic carbocycles. The third kappa shape index (κ3) is 2.97. The van der Waals surface area contributed by atoms with Crippen molar-refractivity contribution >= 4 is 11.9 Å². The fraction of sp³-hybridized carbons (Fsp3) is 0.833. The lowest BCUT2D eigenvalue weighted by Gasteiger charge is -2.24. The third-order valence-electron chi connectivity index (χ3n) is 3.45. The molecule has 5 heteroatoms. The highest BCUT2D eigenvalue weighted by atomic mass is 16.5. The largest absolute Gasteiger partial charge is 0.480 e. The van der Waals surface area contributed by atoms with Gasteiger partial charge < -0.3 is 14.7 Å². The predicted molar refractivity (Wildman–Crippen MR) is 60.5 cm³/mol. The maximum Gasteiger partial charge on any atom is 0.326 e. The average molecular weight is 241 g/mol. The number of hydrogen-bond acceptors (Lipinski definition) is 3. The van der Waals surface area contributed by atoms with E-state index in [-0.39, 0.29) is 5.91 Å². The number of carbonyl (C=O) groups excluding carboxylic acids is 1. The topological polar surface area (TPSA) is 66.8 Å². The number of carboxylic acids is 1. The molecule has 0 aromatic heterocycles. The van der Waals surface area contributed by atoms with E-state index < -0.39 is 18.1 Å². The van der Waals surface area contributed by atoms with Crippen molar-refractivity contribution in [2.75, 3.05) is 13.2 Å². The number of carboxylic acid groups (broad SMARTS) is 1. The summed E-state index contributed by atoms with van der Waals surface area (Å²) in [5.74, 6) is -0.486. The maximum atomic E-state index is 12.0. The fourth-order valence-electron chi connectivity index (χ4n) is 2.16. The van der Waals surface area contributed by atoms with E-state index in [9.17, 15) is 9.59 Å². The number of carbonyl (C=O) groups is 2. The third-order valence-corrected chi connectivity index (χ3v) is 3.45. The van der Waals surface area contributed by atoms with Crippen molar-refractivity contribution < 1.29 is 19.4 Å². The fourth-order valence-corrected chi connectivity index (χ4v) is 2.16. The van der Waals surface area contributed by atoms with E-state index >= 15 is 0 Å². The summed E-state index contributed by atoms with van der Waals surface area (Å²) in [6.07, 6.45) is 3.16. The Labute approximate surface area is 101 Å². The van der Waals surface area contributed by atoms with E-state index in [1.165, 1.54) is 17.7 Å². The van der Waals surface area contributed by atoms with Gasteiger partial charge in [0.1, 0.15) is 12.1 Å². The van der Waals surface area contributed by atoms with Crippen LogP contribution in [0.5, 0.6) is 0 Å². The minimum absolute atomic E-state index is 0.185. The van der Waals surface area contributed by atoms with Crippen molar-refractivity contribution in [3.63, 3.8) is 0 Å².